The summed E-state index contributed by atoms with van der Waals surface area (Å²) >= 11 is 1.51. The highest BCUT2D eigenvalue weighted by molar-refractivity contribution is 8.02. The fraction of sp³-hybridized carbons (Fsp3) is 0.125. The molecule has 0 unspecified atom stereocenters. The van der Waals surface area contributed by atoms with E-state index in [2.05, 4.69) is 0 Å². The largest absolute Gasteiger partial charge is 0.481 e. The maximum atomic E-state index is 10.4. The molecule has 2 aliphatic rings. The van der Waals surface area contributed by atoms with Gasteiger partial charge >= 0.3 is 11.3 Å². The van der Waals surface area contributed by atoms with Crippen LogP contribution >= 0.6 is 11.8 Å². The highest BCUT2D eigenvalue weighted by Crippen LogP contribution is 2.31. The summed E-state index contributed by atoms with van der Waals surface area (Å²) in [6, 6.07) is 3.94. The van der Waals surface area contributed by atoms with Crippen LogP contribution in [0.15, 0.2) is 29.4 Å². The SMILES string of the molecule is O=C(O)C[C]1Sc2cc[n+]1cc2. The highest BCUT2D eigenvalue weighted by Gasteiger charge is 2.30. The molecule has 3 heterocycles. The van der Waals surface area contributed by atoms with Crippen LogP contribution in [-0.2, 0) is 4.79 Å². The van der Waals surface area contributed by atoms with Crippen LogP contribution in [0.5, 0.6) is 0 Å². The van der Waals surface area contributed by atoms with Crippen LogP contribution in [0.25, 0.3) is 0 Å². The monoisotopic (exact) mass is 181 g/mol. The van der Waals surface area contributed by atoms with Crippen molar-refractivity contribution in [2.24, 2.45) is 0 Å². The Hall–Kier alpha value is -1.03. The summed E-state index contributed by atoms with van der Waals surface area (Å²) in [5.41, 5.74) is 0. The molecule has 3 rings (SSSR count). The standard InChI is InChI=1S/C8H7NO2S/c10-8(11)5-7-9-3-1-6(12-7)2-4-9/h1-4H,5H2,(H,10,11)/q+1. The van der Waals surface area contributed by atoms with Crippen LogP contribution < -0.4 is 4.57 Å². The lowest BCUT2D eigenvalue weighted by atomic mass is 10.4. The Bertz CT molecular complexity index is 309. The van der Waals surface area contributed by atoms with E-state index in [1.54, 1.807) is 0 Å². The van der Waals surface area contributed by atoms with Crippen LogP contribution in [0, 0.1) is 5.37 Å². The van der Waals surface area contributed by atoms with Gasteiger partial charge in [-0.3, -0.25) is 4.79 Å². The van der Waals surface area contributed by atoms with Gasteiger partial charge < -0.3 is 5.11 Å². The Morgan fingerprint density at radius 1 is 1.50 bits per heavy atom. The fourth-order valence-corrected chi connectivity index (χ4v) is 2.05. The summed E-state index contributed by atoms with van der Waals surface area (Å²) in [7, 11) is 0. The Morgan fingerprint density at radius 3 is 2.58 bits per heavy atom. The van der Waals surface area contributed by atoms with Gasteiger partial charge in [0.2, 0.25) is 0 Å². The van der Waals surface area contributed by atoms with Crippen molar-refractivity contribution in [2.45, 2.75) is 11.3 Å². The predicted molar refractivity (Wildman–Crippen MR) is 43.4 cm³/mol. The number of carbonyl (C=O) groups is 1. The molecular formula is C8H7NO2S+. The number of rotatable bonds is 2. The minimum Gasteiger partial charge on any atom is -0.481 e. The second kappa shape index (κ2) is 2.79. The summed E-state index contributed by atoms with van der Waals surface area (Å²) < 4.78 is 1.84. The van der Waals surface area contributed by atoms with E-state index in [1.807, 2.05) is 29.1 Å². The van der Waals surface area contributed by atoms with Crippen LogP contribution in [0.4, 0.5) is 0 Å². The van der Waals surface area contributed by atoms with Crippen molar-refractivity contribution in [3.05, 3.63) is 29.9 Å². The quantitative estimate of drug-likeness (QED) is 0.689. The summed E-state index contributed by atoms with van der Waals surface area (Å²) in [4.78, 5) is 11.5. The summed E-state index contributed by atoms with van der Waals surface area (Å²) in [6.45, 7) is 0. The first-order chi connectivity index (χ1) is 5.75. The van der Waals surface area contributed by atoms with Crippen molar-refractivity contribution in [1.82, 2.24) is 0 Å². The first-order valence-corrected chi connectivity index (χ1v) is 4.34. The van der Waals surface area contributed by atoms with E-state index >= 15 is 0 Å². The molecular weight excluding hydrogens is 174 g/mol. The minimum atomic E-state index is -0.785. The van der Waals surface area contributed by atoms with Gasteiger partial charge in [-0.1, -0.05) is 0 Å². The number of carboxylic acids is 1. The molecule has 61 valence electrons. The van der Waals surface area contributed by atoms with Gasteiger partial charge in [0, 0.05) is 17.0 Å². The summed E-state index contributed by atoms with van der Waals surface area (Å²) in [5, 5.41) is 9.44. The highest BCUT2D eigenvalue weighted by atomic mass is 32.2. The lowest BCUT2D eigenvalue weighted by Gasteiger charge is -2.12. The van der Waals surface area contributed by atoms with E-state index in [-0.39, 0.29) is 6.42 Å². The zero-order valence-corrected chi connectivity index (χ0v) is 7.04. The van der Waals surface area contributed by atoms with E-state index in [9.17, 15) is 4.79 Å². The molecule has 0 atom stereocenters. The van der Waals surface area contributed by atoms with Crippen molar-refractivity contribution in [1.29, 1.82) is 0 Å². The van der Waals surface area contributed by atoms with E-state index in [0.29, 0.717) is 0 Å². The van der Waals surface area contributed by atoms with Gasteiger partial charge in [-0.05, 0) is 11.8 Å². The van der Waals surface area contributed by atoms with Gasteiger partial charge in [0.1, 0.15) is 6.42 Å². The molecule has 0 amide bonds. The van der Waals surface area contributed by atoms with Crippen molar-refractivity contribution >= 4 is 17.7 Å². The Labute approximate surface area is 74.0 Å². The number of carboxylic acid groups (broad SMARTS) is 1. The molecule has 1 N–H and O–H groups in total. The number of hydrogen-bond acceptors (Lipinski definition) is 2. The number of pyridine rings is 1. The van der Waals surface area contributed by atoms with Gasteiger partial charge in [0.15, 0.2) is 12.4 Å². The van der Waals surface area contributed by atoms with Crippen LogP contribution in [0.2, 0.25) is 0 Å². The molecule has 12 heavy (non-hydrogen) atoms. The van der Waals surface area contributed by atoms with Gasteiger partial charge in [0.05, 0.1) is 0 Å². The normalized spacial score (nSPS) is 15.0. The molecule has 1 aromatic rings. The summed E-state index contributed by atoms with van der Waals surface area (Å²) in [6.07, 6.45) is 3.86. The van der Waals surface area contributed by atoms with E-state index < -0.39 is 5.97 Å². The Balaban J connectivity index is 2.21. The predicted octanol–water partition coefficient (Wildman–Crippen LogP) is 0.892. The van der Waals surface area contributed by atoms with E-state index in [0.717, 1.165) is 10.3 Å². The Kier molecular flexibility index (Phi) is 1.77. The molecule has 1 radical (unpaired) electrons. The molecule has 2 aliphatic heterocycles. The van der Waals surface area contributed by atoms with Gasteiger partial charge in [-0.15, -0.1) is 0 Å². The number of fused-ring (bicyclic) bond motifs is 3. The lowest BCUT2D eigenvalue weighted by molar-refractivity contribution is -0.644. The second-order valence-electron chi connectivity index (χ2n) is 2.51. The van der Waals surface area contributed by atoms with Crippen LogP contribution in [0.1, 0.15) is 6.42 Å². The molecule has 0 saturated carbocycles. The topological polar surface area (TPSA) is 41.2 Å². The smallest absolute Gasteiger partial charge is 0.311 e. The van der Waals surface area contributed by atoms with Crippen LogP contribution in [-0.4, -0.2) is 11.1 Å². The number of aliphatic carboxylic acids is 1. The van der Waals surface area contributed by atoms with Crippen molar-refractivity contribution in [3.8, 4) is 0 Å². The van der Waals surface area contributed by atoms with E-state index in [4.69, 9.17) is 5.11 Å². The first kappa shape index (κ1) is 7.61. The lowest BCUT2D eigenvalue weighted by Crippen LogP contribution is -2.41. The fourth-order valence-electron chi connectivity index (χ4n) is 1.09. The van der Waals surface area contributed by atoms with Crippen molar-refractivity contribution < 1.29 is 14.5 Å². The van der Waals surface area contributed by atoms with E-state index in [1.165, 1.54) is 11.8 Å². The average molecular weight is 181 g/mol. The first-order valence-electron chi connectivity index (χ1n) is 3.53. The zero-order chi connectivity index (χ0) is 8.55. The molecule has 0 aromatic carbocycles. The molecule has 4 heteroatoms. The second-order valence-corrected chi connectivity index (χ2v) is 3.65. The molecule has 2 bridgehead atoms. The molecule has 1 aromatic heterocycles. The van der Waals surface area contributed by atoms with Crippen molar-refractivity contribution in [2.75, 3.05) is 0 Å². The zero-order valence-electron chi connectivity index (χ0n) is 6.23. The third-order valence-electron chi connectivity index (χ3n) is 1.62. The maximum Gasteiger partial charge on any atom is 0.311 e. The van der Waals surface area contributed by atoms with Crippen LogP contribution in [0.3, 0.4) is 0 Å². The number of hydrogen-bond donors (Lipinski definition) is 1. The maximum absolute atomic E-state index is 10.4. The van der Waals surface area contributed by atoms with Gasteiger partial charge in [-0.25, -0.2) is 0 Å². The molecule has 0 aliphatic carbocycles. The molecule has 0 fully saturated rings. The third-order valence-corrected chi connectivity index (χ3v) is 2.72. The van der Waals surface area contributed by atoms with Crippen molar-refractivity contribution in [3.63, 3.8) is 0 Å². The summed E-state index contributed by atoms with van der Waals surface area (Å²) in [5.74, 6) is -0.785. The minimum absolute atomic E-state index is 0.100. The number of thioether (sulfide) groups is 1. The average Bonchev–Trinajstić information content (AvgIpc) is 2.05. The molecule has 0 saturated heterocycles. The van der Waals surface area contributed by atoms with Gasteiger partial charge in [0.25, 0.3) is 0 Å². The van der Waals surface area contributed by atoms with Gasteiger partial charge in [-0.2, -0.15) is 4.57 Å². The molecule has 3 nitrogen and oxygen atoms in total. The molecule has 0 spiro atoms. The Morgan fingerprint density at radius 2 is 2.17 bits per heavy atom. The number of nitrogens with zero attached hydrogens (tertiary/aromatic N) is 1. The third kappa shape index (κ3) is 1.30. The number of aromatic nitrogens is 1.